The first kappa shape index (κ1) is 10.7. The van der Waals surface area contributed by atoms with Crippen LogP contribution in [0.15, 0.2) is 22.1 Å². The first-order valence-electron chi connectivity index (χ1n) is 4.35. The first-order valence-corrected chi connectivity index (χ1v) is 6.02. The van der Waals surface area contributed by atoms with Crippen molar-refractivity contribution in [3.63, 3.8) is 0 Å². The van der Waals surface area contributed by atoms with Crippen LogP contribution in [0.2, 0.25) is 0 Å². The van der Waals surface area contributed by atoms with E-state index < -0.39 is 0 Å². The zero-order valence-corrected chi connectivity index (χ0v) is 10.2. The third-order valence-electron chi connectivity index (χ3n) is 2.07. The molecule has 0 spiro atoms. The second-order valence-electron chi connectivity index (χ2n) is 3.01. The Bertz CT molecular complexity index is 412. The van der Waals surface area contributed by atoms with Crippen molar-refractivity contribution in [1.29, 1.82) is 0 Å². The van der Waals surface area contributed by atoms with Gasteiger partial charge in [-0.1, -0.05) is 0 Å². The van der Waals surface area contributed by atoms with E-state index in [4.69, 9.17) is 5.84 Å². The molecule has 0 bridgehead atoms. The molecular weight excluding hydrogens is 278 g/mol. The monoisotopic (exact) mass is 287 g/mol. The molecule has 2 heterocycles. The average molecular weight is 288 g/mol. The van der Waals surface area contributed by atoms with E-state index in [-0.39, 0.29) is 6.04 Å². The predicted molar refractivity (Wildman–Crippen MR) is 62.2 cm³/mol. The number of hydrogen-bond acceptors (Lipinski definition) is 5. The molecule has 0 saturated heterocycles. The fourth-order valence-electron chi connectivity index (χ4n) is 1.28. The number of hydrazine groups is 1. The second kappa shape index (κ2) is 4.84. The Morgan fingerprint density at radius 3 is 3.07 bits per heavy atom. The number of nitrogens with one attached hydrogen (secondary N) is 2. The summed E-state index contributed by atoms with van der Waals surface area (Å²) in [5.74, 6) is 5.49. The third-order valence-corrected chi connectivity index (χ3v) is 4.02. The van der Waals surface area contributed by atoms with Gasteiger partial charge in [0.15, 0.2) is 0 Å². The van der Waals surface area contributed by atoms with Gasteiger partial charge in [-0.25, -0.2) is 0 Å². The molecule has 0 saturated carbocycles. The summed E-state index contributed by atoms with van der Waals surface area (Å²) in [4.78, 5) is 1.24. The molecule has 4 N–H and O–H groups in total. The van der Waals surface area contributed by atoms with Crippen LogP contribution < -0.4 is 11.3 Å². The van der Waals surface area contributed by atoms with E-state index in [0.29, 0.717) is 0 Å². The van der Waals surface area contributed by atoms with Crippen LogP contribution in [-0.4, -0.2) is 15.4 Å². The zero-order valence-electron chi connectivity index (χ0n) is 7.77. The molecule has 0 aliphatic carbocycles. The van der Waals surface area contributed by atoms with Crippen molar-refractivity contribution in [2.45, 2.75) is 12.5 Å². The topological polar surface area (TPSA) is 79.6 Å². The summed E-state index contributed by atoms with van der Waals surface area (Å²) in [6.45, 7) is 0. The van der Waals surface area contributed by atoms with Gasteiger partial charge in [0.2, 0.25) is 0 Å². The van der Waals surface area contributed by atoms with Gasteiger partial charge in [-0.3, -0.25) is 11.3 Å². The number of aromatic amines is 1. The molecule has 80 valence electrons. The van der Waals surface area contributed by atoms with E-state index in [1.165, 1.54) is 4.88 Å². The summed E-state index contributed by atoms with van der Waals surface area (Å²) >= 11 is 5.17. The summed E-state index contributed by atoms with van der Waals surface area (Å²) in [5, 5.41) is 12.4. The SMILES string of the molecule is NNC(Cc1sccc1Br)c1cn[nH]n1. The second-order valence-corrected chi connectivity index (χ2v) is 4.86. The van der Waals surface area contributed by atoms with Gasteiger partial charge >= 0.3 is 0 Å². The van der Waals surface area contributed by atoms with Crippen molar-refractivity contribution in [1.82, 2.24) is 20.8 Å². The summed E-state index contributed by atoms with van der Waals surface area (Å²) in [6.07, 6.45) is 2.47. The number of hydrogen-bond donors (Lipinski definition) is 3. The maximum Gasteiger partial charge on any atom is 0.101 e. The number of halogens is 1. The number of H-pyrrole nitrogens is 1. The van der Waals surface area contributed by atoms with Crippen LogP contribution in [0.1, 0.15) is 16.6 Å². The quantitative estimate of drug-likeness (QED) is 0.586. The molecule has 0 fully saturated rings. The highest BCUT2D eigenvalue weighted by atomic mass is 79.9. The van der Waals surface area contributed by atoms with Crippen LogP contribution in [0.4, 0.5) is 0 Å². The Labute approximate surface area is 99.2 Å². The Kier molecular flexibility index (Phi) is 3.47. The fraction of sp³-hybridized carbons (Fsp3) is 0.250. The van der Waals surface area contributed by atoms with E-state index in [2.05, 4.69) is 36.8 Å². The van der Waals surface area contributed by atoms with E-state index in [0.717, 1.165) is 16.6 Å². The number of nitrogens with two attached hydrogens (primary N) is 1. The highest BCUT2D eigenvalue weighted by molar-refractivity contribution is 9.10. The van der Waals surface area contributed by atoms with Crippen LogP contribution in [0, 0.1) is 0 Å². The Hall–Kier alpha value is -0.760. The van der Waals surface area contributed by atoms with Gasteiger partial charge in [-0.05, 0) is 27.4 Å². The lowest BCUT2D eigenvalue weighted by Gasteiger charge is -2.11. The molecule has 2 rings (SSSR count). The van der Waals surface area contributed by atoms with E-state index >= 15 is 0 Å². The number of rotatable bonds is 4. The van der Waals surface area contributed by atoms with Crippen LogP contribution in [0.25, 0.3) is 0 Å². The Morgan fingerprint density at radius 1 is 1.67 bits per heavy atom. The molecule has 1 atom stereocenters. The molecule has 0 aliphatic rings. The third kappa shape index (κ3) is 2.43. The predicted octanol–water partition coefficient (Wildman–Crippen LogP) is 1.38. The van der Waals surface area contributed by atoms with Crippen molar-refractivity contribution in [2.24, 2.45) is 5.84 Å². The molecular formula is C8H10BrN5S. The van der Waals surface area contributed by atoms with Gasteiger partial charge < -0.3 is 0 Å². The maximum absolute atomic E-state index is 5.49. The molecule has 1 unspecified atom stereocenters. The van der Waals surface area contributed by atoms with Crippen molar-refractivity contribution in [3.8, 4) is 0 Å². The number of thiophene rings is 1. The molecule has 0 radical (unpaired) electrons. The van der Waals surface area contributed by atoms with E-state index in [1.54, 1.807) is 17.5 Å². The summed E-state index contributed by atoms with van der Waals surface area (Å²) in [5.41, 5.74) is 3.55. The lowest BCUT2D eigenvalue weighted by Crippen LogP contribution is -2.29. The molecule has 15 heavy (non-hydrogen) atoms. The standard InChI is InChI=1S/C8H10BrN5S/c9-5-1-2-15-8(5)3-6(12-10)7-4-11-14-13-7/h1-2,4,6,12H,3,10H2,(H,11,13,14). The molecule has 7 heteroatoms. The zero-order chi connectivity index (χ0) is 10.7. The largest absolute Gasteiger partial charge is 0.271 e. The van der Waals surface area contributed by atoms with Gasteiger partial charge in [0.1, 0.15) is 5.69 Å². The van der Waals surface area contributed by atoms with Gasteiger partial charge in [0.05, 0.1) is 12.2 Å². The van der Waals surface area contributed by atoms with Crippen molar-refractivity contribution in [2.75, 3.05) is 0 Å². The van der Waals surface area contributed by atoms with Gasteiger partial charge in [0.25, 0.3) is 0 Å². The van der Waals surface area contributed by atoms with Gasteiger partial charge in [0, 0.05) is 15.8 Å². The molecule has 0 aliphatic heterocycles. The van der Waals surface area contributed by atoms with Crippen LogP contribution in [0.3, 0.4) is 0 Å². The minimum absolute atomic E-state index is 0.0151. The lowest BCUT2D eigenvalue weighted by molar-refractivity contribution is 0.540. The fourth-order valence-corrected chi connectivity index (χ4v) is 2.84. The molecule has 0 amide bonds. The highest BCUT2D eigenvalue weighted by Gasteiger charge is 2.15. The molecule has 5 nitrogen and oxygen atoms in total. The van der Waals surface area contributed by atoms with E-state index in [1.807, 2.05) is 11.4 Å². The summed E-state index contributed by atoms with van der Waals surface area (Å²) in [6, 6.07) is 2.01. The minimum atomic E-state index is -0.0151. The normalized spacial score (nSPS) is 12.9. The van der Waals surface area contributed by atoms with Gasteiger partial charge in [-0.15, -0.1) is 11.3 Å². The number of nitrogens with zero attached hydrogens (tertiary/aromatic N) is 2. The van der Waals surface area contributed by atoms with Crippen LogP contribution >= 0.6 is 27.3 Å². The smallest absolute Gasteiger partial charge is 0.101 e. The van der Waals surface area contributed by atoms with Crippen molar-refractivity contribution >= 4 is 27.3 Å². The summed E-state index contributed by atoms with van der Waals surface area (Å²) < 4.78 is 1.11. The van der Waals surface area contributed by atoms with E-state index in [9.17, 15) is 0 Å². The Balaban J connectivity index is 2.13. The van der Waals surface area contributed by atoms with Crippen molar-refractivity contribution in [3.05, 3.63) is 32.7 Å². The molecule has 2 aromatic rings. The highest BCUT2D eigenvalue weighted by Crippen LogP contribution is 2.27. The number of aromatic nitrogens is 3. The molecule has 2 aromatic heterocycles. The van der Waals surface area contributed by atoms with Crippen molar-refractivity contribution < 1.29 is 0 Å². The molecule has 0 aromatic carbocycles. The Morgan fingerprint density at radius 2 is 2.53 bits per heavy atom. The van der Waals surface area contributed by atoms with Crippen LogP contribution in [0.5, 0.6) is 0 Å². The lowest BCUT2D eigenvalue weighted by atomic mass is 10.1. The van der Waals surface area contributed by atoms with Crippen LogP contribution in [-0.2, 0) is 6.42 Å². The summed E-state index contributed by atoms with van der Waals surface area (Å²) in [7, 11) is 0. The maximum atomic E-state index is 5.49. The average Bonchev–Trinajstić information content (AvgIpc) is 2.86. The van der Waals surface area contributed by atoms with Gasteiger partial charge in [-0.2, -0.15) is 15.4 Å². The first-order chi connectivity index (χ1) is 7.31. The minimum Gasteiger partial charge on any atom is -0.271 e.